The van der Waals surface area contributed by atoms with Crippen LogP contribution in [-0.4, -0.2) is 15.8 Å². The van der Waals surface area contributed by atoms with Gasteiger partial charge in [0.25, 0.3) is 0 Å². The van der Waals surface area contributed by atoms with Crippen molar-refractivity contribution in [2.45, 2.75) is 6.54 Å². The van der Waals surface area contributed by atoms with E-state index < -0.39 is 0 Å². The molecule has 20 heavy (non-hydrogen) atoms. The highest BCUT2D eigenvalue weighted by atomic mass is 16.1. The van der Waals surface area contributed by atoms with Crippen LogP contribution in [0, 0.1) is 0 Å². The number of ketones is 1. The number of pyridine rings is 2. The fourth-order valence-electron chi connectivity index (χ4n) is 2.09. The summed E-state index contributed by atoms with van der Waals surface area (Å²) in [6, 6.07) is 13.0. The van der Waals surface area contributed by atoms with E-state index in [0.29, 0.717) is 23.4 Å². The van der Waals surface area contributed by atoms with Crippen LogP contribution < -0.4 is 5.73 Å². The van der Waals surface area contributed by atoms with E-state index in [1.807, 2.05) is 30.3 Å². The number of hydrogen-bond acceptors (Lipinski definition) is 4. The molecule has 1 aromatic carbocycles. The molecule has 2 heterocycles. The normalized spacial score (nSPS) is 10.7. The minimum Gasteiger partial charge on any atom is -0.325 e. The molecule has 0 saturated heterocycles. The molecule has 0 atom stereocenters. The van der Waals surface area contributed by atoms with E-state index in [4.69, 9.17) is 5.73 Å². The van der Waals surface area contributed by atoms with E-state index in [1.54, 1.807) is 24.5 Å². The van der Waals surface area contributed by atoms with E-state index in [-0.39, 0.29) is 5.78 Å². The Hall–Kier alpha value is -2.59. The SMILES string of the molecule is NCc1cc(C(=O)c2cnc3ccccc3c2)ccn1. The first-order valence-electron chi connectivity index (χ1n) is 6.32. The zero-order valence-corrected chi connectivity index (χ0v) is 10.8. The molecule has 0 aliphatic rings. The zero-order valence-electron chi connectivity index (χ0n) is 10.8. The summed E-state index contributed by atoms with van der Waals surface area (Å²) in [6.45, 7) is 0.317. The first-order valence-corrected chi connectivity index (χ1v) is 6.32. The van der Waals surface area contributed by atoms with Crippen molar-refractivity contribution < 1.29 is 4.79 Å². The summed E-state index contributed by atoms with van der Waals surface area (Å²) in [7, 11) is 0. The number of fused-ring (bicyclic) bond motifs is 1. The van der Waals surface area contributed by atoms with Crippen molar-refractivity contribution in [2.75, 3.05) is 0 Å². The van der Waals surface area contributed by atoms with Crippen molar-refractivity contribution in [3.05, 3.63) is 71.7 Å². The molecule has 0 aliphatic carbocycles. The Balaban J connectivity index is 2.03. The van der Waals surface area contributed by atoms with Crippen LogP contribution in [0.5, 0.6) is 0 Å². The van der Waals surface area contributed by atoms with Gasteiger partial charge in [-0.05, 0) is 24.3 Å². The minimum absolute atomic E-state index is 0.0691. The standard InChI is InChI=1S/C16H13N3O/c17-9-14-8-12(5-6-18-14)16(20)13-7-11-3-1-2-4-15(11)19-10-13/h1-8,10H,9,17H2. The second-order valence-corrected chi connectivity index (χ2v) is 4.49. The maximum absolute atomic E-state index is 12.4. The highest BCUT2D eigenvalue weighted by molar-refractivity contribution is 6.10. The maximum atomic E-state index is 12.4. The molecule has 0 fully saturated rings. The van der Waals surface area contributed by atoms with Crippen molar-refractivity contribution >= 4 is 16.7 Å². The van der Waals surface area contributed by atoms with E-state index in [1.165, 1.54) is 0 Å². The van der Waals surface area contributed by atoms with Gasteiger partial charge in [-0.15, -0.1) is 0 Å². The predicted molar refractivity (Wildman–Crippen MR) is 77.3 cm³/mol. The average Bonchev–Trinajstić information content (AvgIpc) is 2.53. The van der Waals surface area contributed by atoms with Gasteiger partial charge in [-0.2, -0.15) is 0 Å². The van der Waals surface area contributed by atoms with Crippen LogP contribution in [0.15, 0.2) is 54.9 Å². The van der Waals surface area contributed by atoms with Crippen molar-refractivity contribution in [1.29, 1.82) is 0 Å². The maximum Gasteiger partial charge on any atom is 0.194 e. The molecule has 0 radical (unpaired) electrons. The van der Waals surface area contributed by atoms with E-state index in [9.17, 15) is 4.79 Å². The number of aromatic nitrogens is 2. The Kier molecular flexibility index (Phi) is 3.23. The Morgan fingerprint density at radius 2 is 1.90 bits per heavy atom. The second-order valence-electron chi connectivity index (χ2n) is 4.49. The van der Waals surface area contributed by atoms with Gasteiger partial charge in [-0.25, -0.2) is 0 Å². The molecule has 98 valence electrons. The van der Waals surface area contributed by atoms with Gasteiger partial charge in [-0.1, -0.05) is 18.2 Å². The van der Waals surface area contributed by atoms with Crippen LogP contribution in [0.4, 0.5) is 0 Å². The second kappa shape index (κ2) is 5.19. The number of para-hydroxylation sites is 1. The molecule has 0 unspecified atom stereocenters. The molecule has 2 N–H and O–H groups in total. The Morgan fingerprint density at radius 3 is 2.75 bits per heavy atom. The summed E-state index contributed by atoms with van der Waals surface area (Å²) in [6.07, 6.45) is 3.21. The molecule has 3 rings (SSSR count). The molecule has 4 heteroatoms. The number of carbonyl (C=O) groups excluding carboxylic acids is 1. The lowest BCUT2D eigenvalue weighted by atomic mass is 10.0. The van der Waals surface area contributed by atoms with Gasteiger partial charge in [0.2, 0.25) is 0 Å². The van der Waals surface area contributed by atoms with Gasteiger partial charge in [0, 0.05) is 35.5 Å². The smallest absolute Gasteiger partial charge is 0.194 e. The number of benzene rings is 1. The molecular weight excluding hydrogens is 250 g/mol. The molecule has 4 nitrogen and oxygen atoms in total. The van der Waals surface area contributed by atoms with Crippen LogP contribution in [0.2, 0.25) is 0 Å². The Labute approximate surface area is 116 Å². The lowest BCUT2D eigenvalue weighted by Crippen LogP contribution is -2.06. The number of hydrogen-bond donors (Lipinski definition) is 1. The summed E-state index contributed by atoms with van der Waals surface area (Å²) >= 11 is 0. The Bertz CT molecular complexity index is 783. The number of nitrogens with two attached hydrogens (primary N) is 1. The van der Waals surface area contributed by atoms with Crippen LogP contribution in [0.3, 0.4) is 0 Å². The Morgan fingerprint density at radius 1 is 1.05 bits per heavy atom. The monoisotopic (exact) mass is 263 g/mol. The topological polar surface area (TPSA) is 68.9 Å². The third-order valence-corrected chi connectivity index (χ3v) is 3.14. The lowest BCUT2D eigenvalue weighted by molar-refractivity contribution is 0.103. The van der Waals surface area contributed by atoms with Crippen molar-refractivity contribution in [3.63, 3.8) is 0 Å². The van der Waals surface area contributed by atoms with Crippen LogP contribution in [0.25, 0.3) is 10.9 Å². The van der Waals surface area contributed by atoms with Crippen LogP contribution in [0.1, 0.15) is 21.6 Å². The van der Waals surface area contributed by atoms with E-state index in [2.05, 4.69) is 9.97 Å². The highest BCUT2D eigenvalue weighted by Gasteiger charge is 2.11. The summed E-state index contributed by atoms with van der Waals surface area (Å²) in [5, 5.41) is 0.950. The fraction of sp³-hybridized carbons (Fsp3) is 0.0625. The van der Waals surface area contributed by atoms with E-state index in [0.717, 1.165) is 10.9 Å². The number of nitrogens with zero attached hydrogens (tertiary/aromatic N) is 2. The van der Waals surface area contributed by atoms with Crippen LogP contribution >= 0.6 is 0 Å². The van der Waals surface area contributed by atoms with Gasteiger partial charge in [0.15, 0.2) is 5.78 Å². The summed E-state index contributed by atoms with van der Waals surface area (Å²) in [4.78, 5) is 20.8. The molecule has 0 amide bonds. The molecule has 0 bridgehead atoms. The average molecular weight is 263 g/mol. The van der Waals surface area contributed by atoms with Crippen LogP contribution in [-0.2, 0) is 6.54 Å². The third kappa shape index (κ3) is 2.29. The first-order chi connectivity index (χ1) is 9.78. The molecule has 0 saturated carbocycles. The first kappa shape index (κ1) is 12.4. The van der Waals surface area contributed by atoms with Gasteiger partial charge >= 0.3 is 0 Å². The number of rotatable bonds is 3. The molecular formula is C16H13N3O. The molecule has 0 spiro atoms. The van der Waals surface area contributed by atoms with Crippen molar-refractivity contribution in [3.8, 4) is 0 Å². The fourth-order valence-corrected chi connectivity index (χ4v) is 2.09. The van der Waals surface area contributed by atoms with Gasteiger partial charge < -0.3 is 5.73 Å². The summed E-state index contributed by atoms with van der Waals surface area (Å²) in [5.74, 6) is -0.0691. The summed E-state index contributed by atoms with van der Waals surface area (Å²) < 4.78 is 0. The van der Waals surface area contributed by atoms with E-state index >= 15 is 0 Å². The lowest BCUT2D eigenvalue weighted by Gasteiger charge is -2.04. The predicted octanol–water partition coefficient (Wildman–Crippen LogP) is 2.32. The van der Waals surface area contributed by atoms with Crippen molar-refractivity contribution in [1.82, 2.24) is 9.97 Å². The molecule has 3 aromatic rings. The zero-order chi connectivity index (χ0) is 13.9. The molecule has 2 aromatic heterocycles. The number of carbonyl (C=O) groups is 1. The molecule has 0 aliphatic heterocycles. The van der Waals surface area contributed by atoms with Gasteiger partial charge in [0.05, 0.1) is 11.2 Å². The van der Waals surface area contributed by atoms with Gasteiger partial charge in [-0.3, -0.25) is 14.8 Å². The minimum atomic E-state index is -0.0691. The van der Waals surface area contributed by atoms with Gasteiger partial charge in [0.1, 0.15) is 0 Å². The highest BCUT2D eigenvalue weighted by Crippen LogP contribution is 2.16. The quantitative estimate of drug-likeness (QED) is 0.736. The summed E-state index contributed by atoms with van der Waals surface area (Å²) in [5.41, 5.74) is 8.27. The third-order valence-electron chi connectivity index (χ3n) is 3.14. The van der Waals surface area contributed by atoms with Crippen molar-refractivity contribution in [2.24, 2.45) is 5.73 Å². The largest absolute Gasteiger partial charge is 0.325 e.